The first-order valence-electron chi connectivity index (χ1n) is 7.55. The number of benzene rings is 1. The van der Waals surface area contributed by atoms with Gasteiger partial charge in [0.25, 0.3) is 11.1 Å². The van der Waals surface area contributed by atoms with Crippen molar-refractivity contribution in [2.75, 3.05) is 32.8 Å². The molecule has 9 heteroatoms. The minimum absolute atomic E-state index is 0.000563. The van der Waals surface area contributed by atoms with E-state index in [4.69, 9.17) is 4.74 Å². The molecule has 3 amide bonds. The maximum Gasteiger partial charge on any atom is 0.294 e. The van der Waals surface area contributed by atoms with Gasteiger partial charge in [0.2, 0.25) is 5.91 Å². The van der Waals surface area contributed by atoms with Crippen molar-refractivity contribution in [1.82, 2.24) is 9.80 Å². The molecule has 0 spiro atoms. The number of nitrogens with zero attached hydrogens (tertiary/aromatic N) is 2. The van der Waals surface area contributed by atoms with Crippen molar-refractivity contribution in [2.45, 2.75) is 0 Å². The highest BCUT2D eigenvalue weighted by atomic mass is 79.9. The predicted octanol–water partition coefficient (Wildman–Crippen LogP) is 2.05. The average Bonchev–Trinajstić information content (AvgIpc) is 2.86. The van der Waals surface area contributed by atoms with Gasteiger partial charge in [-0.25, -0.2) is 0 Å². The number of amides is 3. The average molecular weight is 427 g/mol. The number of carbonyl (C=O) groups excluding carboxylic acids is 3. The number of ether oxygens (including phenoxy) is 1. The first-order chi connectivity index (χ1) is 12.0. The third-order valence-corrected chi connectivity index (χ3v) is 5.21. The molecule has 2 heterocycles. The van der Waals surface area contributed by atoms with Gasteiger partial charge in [0.1, 0.15) is 12.3 Å². The smallest absolute Gasteiger partial charge is 0.294 e. The standard InChI is InChI=1S/C16H15BrN2O5S/c17-11-1-2-12(20)10(7-11)8-13-15(22)19(16(23)25-13)9-14(21)18-3-5-24-6-4-18/h1-2,7-8,20H,3-6,9H2/b13-8-. The second-order valence-corrected chi connectivity index (χ2v) is 7.37. The highest BCUT2D eigenvalue weighted by Crippen LogP contribution is 2.34. The van der Waals surface area contributed by atoms with Crippen LogP contribution in [0.5, 0.6) is 5.75 Å². The number of imide groups is 1. The van der Waals surface area contributed by atoms with Gasteiger partial charge >= 0.3 is 0 Å². The van der Waals surface area contributed by atoms with E-state index in [0.717, 1.165) is 21.1 Å². The van der Waals surface area contributed by atoms with E-state index in [-0.39, 0.29) is 23.1 Å². The third-order valence-electron chi connectivity index (χ3n) is 3.81. The Hall–Kier alpha value is -1.84. The van der Waals surface area contributed by atoms with Gasteiger partial charge < -0.3 is 14.7 Å². The summed E-state index contributed by atoms with van der Waals surface area (Å²) >= 11 is 4.05. The molecule has 2 saturated heterocycles. The molecule has 2 aliphatic heterocycles. The summed E-state index contributed by atoms with van der Waals surface area (Å²) in [6.07, 6.45) is 1.45. The molecule has 7 nitrogen and oxygen atoms in total. The summed E-state index contributed by atoms with van der Waals surface area (Å²) < 4.78 is 5.92. The molecule has 0 aromatic heterocycles. The maximum absolute atomic E-state index is 12.5. The van der Waals surface area contributed by atoms with E-state index in [1.54, 1.807) is 17.0 Å². The van der Waals surface area contributed by atoms with Crippen LogP contribution in [0.1, 0.15) is 5.56 Å². The van der Waals surface area contributed by atoms with Gasteiger partial charge in [0, 0.05) is 23.1 Å². The van der Waals surface area contributed by atoms with Crippen LogP contribution in [0, 0.1) is 0 Å². The number of thioether (sulfide) groups is 1. The SMILES string of the molecule is O=C(CN1C(=O)S/C(=C\c2cc(Br)ccc2O)C1=O)N1CCOCC1. The van der Waals surface area contributed by atoms with Crippen molar-refractivity contribution >= 4 is 50.8 Å². The van der Waals surface area contributed by atoms with Gasteiger partial charge in [0.15, 0.2) is 0 Å². The molecular formula is C16H15BrN2O5S. The van der Waals surface area contributed by atoms with E-state index in [2.05, 4.69) is 15.9 Å². The normalized spacial score (nSPS) is 19.8. The highest BCUT2D eigenvalue weighted by Gasteiger charge is 2.37. The Balaban J connectivity index is 1.74. The van der Waals surface area contributed by atoms with E-state index in [9.17, 15) is 19.5 Å². The van der Waals surface area contributed by atoms with Crippen LogP contribution in [-0.2, 0) is 14.3 Å². The number of aromatic hydroxyl groups is 1. The molecule has 2 aliphatic rings. The van der Waals surface area contributed by atoms with Crippen molar-refractivity contribution in [2.24, 2.45) is 0 Å². The Bertz CT molecular complexity index is 761. The Labute approximate surface area is 156 Å². The number of morpholine rings is 1. The molecule has 0 unspecified atom stereocenters. The monoisotopic (exact) mass is 426 g/mol. The van der Waals surface area contributed by atoms with Gasteiger partial charge in [0.05, 0.1) is 18.1 Å². The number of rotatable bonds is 3. The van der Waals surface area contributed by atoms with Gasteiger partial charge in [-0.2, -0.15) is 0 Å². The summed E-state index contributed by atoms with van der Waals surface area (Å²) in [5, 5.41) is 9.38. The maximum atomic E-state index is 12.5. The summed E-state index contributed by atoms with van der Waals surface area (Å²) in [6.45, 7) is 1.53. The van der Waals surface area contributed by atoms with E-state index in [0.29, 0.717) is 31.9 Å². The van der Waals surface area contributed by atoms with Crippen molar-refractivity contribution in [3.63, 3.8) is 0 Å². The zero-order chi connectivity index (χ0) is 18.0. The van der Waals surface area contributed by atoms with Gasteiger partial charge in [-0.05, 0) is 36.0 Å². The molecule has 25 heavy (non-hydrogen) atoms. The molecule has 0 bridgehead atoms. The fourth-order valence-electron chi connectivity index (χ4n) is 2.47. The number of carbonyl (C=O) groups is 3. The zero-order valence-electron chi connectivity index (χ0n) is 13.1. The van der Waals surface area contributed by atoms with Crippen LogP contribution >= 0.6 is 27.7 Å². The molecule has 0 radical (unpaired) electrons. The molecule has 3 rings (SSSR count). The second-order valence-electron chi connectivity index (χ2n) is 5.46. The van der Waals surface area contributed by atoms with E-state index < -0.39 is 11.1 Å². The van der Waals surface area contributed by atoms with Gasteiger partial charge in [-0.1, -0.05) is 15.9 Å². The molecule has 2 fully saturated rings. The van der Waals surface area contributed by atoms with Crippen LogP contribution in [-0.4, -0.2) is 64.8 Å². The molecule has 0 saturated carbocycles. The van der Waals surface area contributed by atoms with Crippen LogP contribution in [0.2, 0.25) is 0 Å². The lowest BCUT2D eigenvalue weighted by Crippen LogP contribution is -2.46. The molecule has 1 aromatic rings. The van der Waals surface area contributed by atoms with Gasteiger partial charge in [-0.3, -0.25) is 19.3 Å². The van der Waals surface area contributed by atoms with E-state index >= 15 is 0 Å². The Morgan fingerprint density at radius 3 is 2.76 bits per heavy atom. The largest absolute Gasteiger partial charge is 0.507 e. The fourth-order valence-corrected chi connectivity index (χ4v) is 3.67. The first kappa shape index (κ1) is 18.0. The molecule has 132 valence electrons. The minimum atomic E-state index is -0.531. The van der Waals surface area contributed by atoms with Crippen molar-refractivity contribution in [3.8, 4) is 5.75 Å². The predicted molar refractivity (Wildman–Crippen MR) is 95.9 cm³/mol. The number of halogens is 1. The quantitative estimate of drug-likeness (QED) is 0.744. The number of hydrogen-bond donors (Lipinski definition) is 1. The summed E-state index contributed by atoms with van der Waals surface area (Å²) in [4.78, 5) is 39.5. The van der Waals surface area contributed by atoms with Crippen LogP contribution in [0.15, 0.2) is 27.6 Å². The van der Waals surface area contributed by atoms with Crippen molar-refractivity contribution in [3.05, 3.63) is 33.1 Å². The Kier molecular flexibility index (Phi) is 5.45. The zero-order valence-corrected chi connectivity index (χ0v) is 15.5. The van der Waals surface area contributed by atoms with Crippen LogP contribution in [0.4, 0.5) is 4.79 Å². The molecular weight excluding hydrogens is 412 g/mol. The summed E-state index contributed by atoms with van der Waals surface area (Å²) in [5.74, 6) is -0.812. The van der Waals surface area contributed by atoms with Crippen LogP contribution < -0.4 is 0 Å². The van der Waals surface area contributed by atoms with E-state index in [1.807, 2.05) is 0 Å². The Morgan fingerprint density at radius 1 is 1.32 bits per heavy atom. The lowest BCUT2D eigenvalue weighted by atomic mass is 10.2. The second kappa shape index (κ2) is 7.59. The summed E-state index contributed by atoms with van der Waals surface area (Å²) in [7, 11) is 0. The third kappa shape index (κ3) is 4.05. The number of phenols is 1. The molecule has 1 N–H and O–H groups in total. The number of hydrogen-bond acceptors (Lipinski definition) is 6. The van der Waals surface area contributed by atoms with Gasteiger partial charge in [-0.15, -0.1) is 0 Å². The highest BCUT2D eigenvalue weighted by molar-refractivity contribution is 9.10. The van der Waals surface area contributed by atoms with Crippen molar-refractivity contribution in [1.29, 1.82) is 0 Å². The van der Waals surface area contributed by atoms with Crippen molar-refractivity contribution < 1.29 is 24.2 Å². The lowest BCUT2D eigenvalue weighted by molar-refractivity contribution is -0.139. The minimum Gasteiger partial charge on any atom is -0.507 e. The molecule has 0 atom stereocenters. The lowest BCUT2D eigenvalue weighted by Gasteiger charge is -2.28. The van der Waals surface area contributed by atoms with Crippen LogP contribution in [0.25, 0.3) is 6.08 Å². The van der Waals surface area contributed by atoms with Crippen LogP contribution in [0.3, 0.4) is 0 Å². The molecule has 0 aliphatic carbocycles. The van der Waals surface area contributed by atoms with E-state index in [1.165, 1.54) is 12.1 Å². The first-order valence-corrected chi connectivity index (χ1v) is 9.16. The number of phenolic OH excluding ortho intramolecular Hbond substituents is 1. The topological polar surface area (TPSA) is 87.2 Å². The molecule has 1 aromatic carbocycles. The summed E-state index contributed by atoms with van der Waals surface area (Å²) in [5.41, 5.74) is 0.416. The Morgan fingerprint density at radius 2 is 2.04 bits per heavy atom. The fraction of sp³-hybridized carbons (Fsp3) is 0.312. The summed E-state index contributed by atoms with van der Waals surface area (Å²) in [6, 6.07) is 4.80.